The number of rotatable bonds is 1. The molecule has 5 rings (SSSR count). The second kappa shape index (κ2) is 6.59. The molecule has 26 heavy (non-hydrogen) atoms. The highest BCUT2D eigenvalue weighted by Gasteiger charge is 2.25. The maximum atomic E-state index is 6.56. The topological polar surface area (TPSA) is 12.9 Å². The van der Waals surface area contributed by atoms with Crippen LogP contribution < -0.4 is 12.4 Å². The maximum Gasteiger partial charge on any atom is 0.0754 e. The summed E-state index contributed by atoms with van der Waals surface area (Å²) in [5.74, 6) is 0. The molecule has 0 atom stereocenters. The van der Waals surface area contributed by atoms with Crippen molar-refractivity contribution >= 4 is 34.1 Å². The zero-order valence-corrected chi connectivity index (χ0v) is 15.9. The molecule has 0 N–H and O–H groups in total. The van der Waals surface area contributed by atoms with E-state index in [-0.39, 0.29) is 12.4 Å². The third kappa shape index (κ3) is 2.59. The van der Waals surface area contributed by atoms with Gasteiger partial charge in [-0.1, -0.05) is 65.7 Å². The smallest absolute Gasteiger partial charge is 0.0754 e. The number of aromatic nitrogens is 1. The number of hydrogen-bond acceptors (Lipinski definition) is 1. The number of nitrogens with zero attached hydrogens (tertiary/aromatic N) is 1. The van der Waals surface area contributed by atoms with Crippen LogP contribution in [0.3, 0.4) is 0 Å². The number of benzene rings is 3. The monoisotopic (exact) mass is 396 g/mol. The van der Waals surface area contributed by atoms with Gasteiger partial charge in [0, 0.05) is 33.0 Å². The van der Waals surface area contributed by atoms with Gasteiger partial charge in [0.25, 0.3) is 0 Å². The third-order valence-electron chi connectivity index (χ3n) is 4.83. The Morgan fingerprint density at radius 3 is 2.35 bits per heavy atom. The number of halogens is 3. The third-order valence-corrected chi connectivity index (χ3v) is 5.40. The summed E-state index contributed by atoms with van der Waals surface area (Å²) in [7, 11) is 0. The van der Waals surface area contributed by atoms with E-state index in [0.717, 1.165) is 39.2 Å². The second-order valence-electron chi connectivity index (χ2n) is 6.29. The molecule has 0 bridgehead atoms. The molecule has 0 saturated carbocycles. The van der Waals surface area contributed by atoms with Gasteiger partial charge in [-0.05, 0) is 41.0 Å². The Morgan fingerprint density at radius 2 is 1.54 bits per heavy atom. The Balaban J connectivity index is 0.00000168. The van der Waals surface area contributed by atoms with Gasteiger partial charge in [0.2, 0.25) is 0 Å². The van der Waals surface area contributed by atoms with Crippen LogP contribution in [0.15, 0.2) is 66.7 Å². The van der Waals surface area contributed by atoms with E-state index < -0.39 is 0 Å². The average molecular weight is 398 g/mol. The predicted molar refractivity (Wildman–Crippen MR) is 105 cm³/mol. The van der Waals surface area contributed by atoms with Crippen LogP contribution in [0.25, 0.3) is 33.3 Å². The Labute approximate surface area is 168 Å². The zero-order valence-electron chi connectivity index (χ0n) is 13.6. The lowest BCUT2D eigenvalue weighted by molar-refractivity contribution is -0.00000462. The van der Waals surface area contributed by atoms with Crippen LogP contribution in [0.5, 0.6) is 0 Å². The van der Waals surface area contributed by atoms with Crippen LogP contribution in [-0.4, -0.2) is 4.98 Å². The van der Waals surface area contributed by atoms with Gasteiger partial charge in [0.15, 0.2) is 0 Å². The molecule has 0 unspecified atom stereocenters. The molecular weight excluding hydrogens is 385 g/mol. The predicted octanol–water partition coefficient (Wildman–Crippen LogP) is 3.78. The van der Waals surface area contributed by atoms with Crippen LogP contribution >= 0.6 is 23.2 Å². The lowest BCUT2D eigenvalue weighted by Crippen LogP contribution is -3.00. The number of pyridine rings is 1. The lowest BCUT2D eigenvalue weighted by atomic mass is 9.94. The van der Waals surface area contributed by atoms with Gasteiger partial charge in [0.1, 0.15) is 0 Å². The molecular formula is C22H13Cl3N-. The molecule has 0 radical (unpaired) electrons. The summed E-state index contributed by atoms with van der Waals surface area (Å²) < 4.78 is 0. The largest absolute Gasteiger partial charge is 1.00 e. The molecule has 128 valence electrons. The average Bonchev–Trinajstić information content (AvgIpc) is 2.99. The molecule has 3 aromatic carbocycles. The first-order chi connectivity index (χ1) is 12.2. The van der Waals surface area contributed by atoms with E-state index in [1.807, 2.05) is 36.4 Å². The summed E-state index contributed by atoms with van der Waals surface area (Å²) in [6.45, 7) is 0. The fraction of sp³-hybridized carbons (Fsp3) is 0.0455. The normalized spacial score (nSPS) is 11.8. The molecule has 4 aromatic rings. The molecule has 1 heterocycles. The molecule has 0 amide bonds. The fourth-order valence-electron chi connectivity index (χ4n) is 3.74. The molecule has 4 heteroatoms. The van der Waals surface area contributed by atoms with Gasteiger partial charge < -0.3 is 12.4 Å². The minimum Gasteiger partial charge on any atom is -1.00 e. The first-order valence-electron chi connectivity index (χ1n) is 8.18. The second-order valence-corrected chi connectivity index (χ2v) is 7.13. The highest BCUT2D eigenvalue weighted by Crippen LogP contribution is 2.45. The summed E-state index contributed by atoms with van der Waals surface area (Å²) in [5, 5.41) is 2.50. The van der Waals surface area contributed by atoms with Crippen LogP contribution in [0, 0.1) is 0 Å². The lowest BCUT2D eigenvalue weighted by Gasteiger charge is -2.14. The first kappa shape index (κ1) is 17.4. The molecule has 0 spiro atoms. The van der Waals surface area contributed by atoms with E-state index in [2.05, 4.69) is 30.3 Å². The Bertz CT molecular complexity index is 1150. The Morgan fingerprint density at radius 1 is 0.808 bits per heavy atom. The molecule has 1 aromatic heterocycles. The van der Waals surface area contributed by atoms with Crippen molar-refractivity contribution in [2.24, 2.45) is 0 Å². The van der Waals surface area contributed by atoms with Gasteiger partial charge in [0.05, 0.1) is 11.2 Å². The Kier molecular flexibility index (Phi) is 4.40. The summed E-state index contributed by atoms with van der Waals surface area (Å²) in [5.41, 5.74) is 7.91. The van der Waals surface area contributed by atoms with Crippen molar-refractivity contribution in [3.63, 3.8) is 0 Å². The molecule has 0 saturated heterocycles. The van der Waals surface area contributed by atoms with E-state index >= 15 is 0 Å². The standard InChI is InChI=1S/C22H13Cl2N.ClH/c23-14-9-10-20-17(12-14)21(16-7-3-4-8-19(16)24)18-11-13-5-1-2-6-15(13)22(18)25-20;/h1-10,12H,11H2;1H/p-1. The van der Waals surface area contributed by atoms with Crippen molar-refractivity contribution in [3.8, 4) is 22.4 Å². The van der Waals surface area contributed by atoms with Crippen molar-refractivity contribution in [2.45, 2.75) is 6.42 Å². The maximum absolute atomic E-state index is 6.56. The van der Waals surface area contributed by atoms with Crippen LogP contribution in [0.2, 0.25) is 10.0 Å². The van der Waals surface area contributed by atoms with Crippen LogP contribution in [0.4, 0.5) is 0 Å². The van der Waals surface area contributed by atoms with Gasteiger partial charge in [-0.2, -0.15) is 0 Å². The van der Waals surface area contributed by atoms with E-state index in [0.29, 0.717) is 5.02 Å². The van der Waals surface area contributed by atoms with E-state index in [1.165, 1.54) is 16.7 Å². The fourth-order valence-corrected chi connectivity index (χ4v) is 4.14. The van der Waals surface area contributed by atoms with Crippen molar-refractivity contribution < 1.29 is 12.4 Å². The van der Waals surface area contributed by atoms with Crippen molar-refractivity contribution in [2.75, 3.05) is 0 Å². The highest BCUT2D eigenvalue weighted by atomic mass is 35.5. The van der Waals surface area contributed by atoms with Crippen LogP contribution in [0.1, 0.15) is 11.1 Å². The van der Waals surface area contributed by atoms with Gasteiger partial charge >= 0.3 is 0 Å². The van der Waals surface area contributed by atoms with E-state index in [4.69, 9.17) is 28.2 Å². The van der Waals surface area contributed by atoms with Gasteiger partial charge in [-0.3, -0.25) is 0 Å². The van der Waals surface area contributed by atoms with E-state index in [1.54, 1.807) is 0 Å². The zero-order chi connectivity index (χ0) is 17.0. The van der Waals surface area contributed by atoms with E-state index in [9.17, 15) is 0 Å². The summed E-state index contributed by atoms with van der Waals surface area (Å²) in [4.78, 5) is 4.95. The Hall–Kier alpha value is -2.06. The molecule has 1 nitrogen and oxygen atoms in total. The molecule has 1 aliphatic carbocycles. The molecule has 0 aliphatic heterocycles. The summed E-state index contributed by atoms with van der Waals surface area (Å²) in [6, 6.07) is 22.3. The SMILES string of the molecule is Clc1ccc2nc3c(c(-c4ccccc4Cl)c2c1)Cc1ccccc1-3.[Cl-]. The summed E-state index contributed by atoms with van der Waals surface area (Å²) in [6.07, 6.45) is 0.863. The van der Waals surface area contributed by atoms with Crippen molar-refractivity contribution in [3.05, 3.63) is 87.9 Å². The van der Waals surface area contributed by atoms with Gasteiger partial charge in [-0.25, -0.2) is 4.98 Å². The van der Waals surface area contributed by atoms with Gasteiger partial charge in [-0.15, -0.1) is 0 Å². The minimum atomic E-state index is 0. The molecule has 0 fully saturated rings. The van der Waals surface area contributed by atoms with Crippen molar-refractivity contribution in [1.29, 1.82) is 0 Å². The molecule has 1 aliphatic rings. The van der Waals surface area contributed by atoms with Crippen molar-refractivity contribution in [1.82, 2.24) is 4.98 Å². The van der Waals surface area contributed by atoms with Crippen LogP contribution in [-0.2, 0) is 6.42 Å². The number of fused-ring (bicyclic) bond motifs is 4. The summed E-state index contributed by atoms with van der Waals surface area (Å²) >= 11 is 12.9. The number of hydrogen-bond donors (Lipinski definition) is 0. The minimum absolute atomic E-state index is 0. The first-order valence-corrected chi connectivity index (χ1v) is 8.93. The highest BCUT2D eigenvalue weighted by molar-refractivity contribution is 6.34. The quantitative estimate of drug-likeness (QED) is 0.419.